The molecule has 0 aliphatic carbocycles. The van der Waals surface area contributed by atoms with Gasteiger partial charge in [-0.05, 0) is 53.8 Å². The number of carbonyl (C=O) groups excluding carboxylic acids is 2. The second-order valence-electron chi connectivity index (χ2n) is 8.85. The van der Waals surface area contributed by atoms with E-state index in [1.54, 1.807) is 12.1 Å². The molecule has 0 radical (unpaired) electrons. The van der Waals surface area contributed by atoms with Crippen molar-refractivity contribution in [2.75, 3.05) is 31.1 Å². The fourth-order valence-corrected chi connectivity index (χ4v) is 5.78. The van der Waals surface area contributed by atoms with Crippen molar-refractivity contribution in [3.8, 4) is 5.75 Å². The molecule has 2 atom stereocenters. The molecule has 7 heteroatoms. The van der Waals surface area contributed by atoms with Crippen molar-refractivity contribution in [2.45, 2.75) is 31.9 Å². The summed E-state index contributed by atoms with van der Waals surface area (Å²) in [6.45, 7) is 4.12. The molecule has 182 valence electrons. The van der Waals surface area contributed by atoms with Gasteiger partial charge >= 0.3 is 0 Å². The van der Waals surface area contributed by atoms with Gasteiger partial charge in [-0.25, -0.2) is 0 Å². The highest BCUT2D eigenvalue weighted by Gasteiger charge is 2.34. The third-order valence-electron chi connectivity index (χ3n) is 6.70. The smallest absolute Gasteiger partial charge is 0.290 e. The molecule has 2 aliphatic heterocycles. The van der Waals surface area contributed by atoms with Crippen molar-refractivity contribution >= 4 is 23.6 Å². The lowest BCUT2D eigenvalue weighted by atomic mass is 9.87. The first-order valence-electron chi connectivity index (χ1n) is 12.2. The summed E-state index contributed by atoms with van der Waals surface area (Å²) < 4.78 is 11.7. The van der Waals surface area contributed by atoms with Gasteiger partial charge in [0.1, 0.15) is 5.75 Å². The Balaban J connectivity index is 1.46. The molecule has 35 heavy (non-hydrogen) atoms. The minimum absolute atomic E-state index is 0.0553. The minimum atomic E-state index is -0.518. The number of carbonyl (C=O) groups is 2. The molecule has 1 fully saturated rings. The van der Waals surface area contributed by atoms with E-state index in [1.807, 2.05) is 71.0 Å². The van der Waals surface area contributed by atoms with Gasteiger partial charge in [-0.15, -0.1) is 0 Å². The Morgan fingerprint density at radius 1 is 1.06 bits per heavy atom. The molecular weight excluding hydrogens is 460 g/mol. The molecule has 3 aromatic rings. The maximum Gasteiger partial charge on any atom is 0.290 e. The van der Waals surface area contributed by atoms with Gasteiger partial charge in [-0.3, -0.25) is 9.59 Å². The molecule has 0 N–H and O–H groups in total. The van der Waals surface area contributed by atoms with Crippen LogP contribution in [0.1, 0.15) is 46.6 Å². The summed E-state index contributed by atoms with van der Waals surface area (Å²) in [7, 11) is 0. The fraction of sp³-hybridized carbons (Fsp3) is 0.357. The maximum absolute atomic E-state index is 13.4. The largest absolute Gasteiger partial charge is 0.481 e. The zero-order chi connectivity index (χ0) is 24.2. The average molecular weight is 491 g/mol. The number of ether oxygens (including phenoxy) is 1. The van der Waals surface area contributed by atoms with Crippen molar-refractivity contribution in [3.05, 3.63) is 89.4 Å². The van der Waals surface area contributed by atoms with E-state index in [4.69, 9.17) is 9.15 Å². The van der Waals surface area contributed by atoms with Crippen molar-refractivity contribution in [3.63, 3.8) is 0 Å². The Hall–Kier alpha value is -3.19. The zero-order valence-corrected chi connectivity index (χ0v) is 20.7. The summed E-state index contributed by atoms with van der Waals surface area (Å²) in [6, 6.07) is 19.2. The highest BCUT2D eigenvalue weighted by atomic mass is 32.2. The normalized spacial score (nSPS) is 18.6. The van der Waals surface area contributed by atoms with Crippen LogP contribution < -0.4 is 4.74 Å². The molecule has 1 aromatic heterocycles. The first-order chi connectivity index (χ1) is 17.2. The van der Waals surface area contributed by atoms with Gasteiger partial charge in [0, 0.05) is 31.1 Å². The van der Waals surface area contributed by atoms with Crippen molar-refractivity contribution in [1.82, 2.24) is 9.80 Å². The summed E-state index contributed by atoms with van der Waals surface area (Å²) in [5, 5.41) is 0. The van der Waals surface area contributed by atoms with Crippen LogP contribution in [0.2, 0.25) is 0 Å². The number of rotatable bonds is 6. The van der Waals surface area contributed by atoms with E-state index >= 15 is 0 Å². The molecule has 3 heterocycles. The Labute approximate surface area is 210 Å². The number of benzene rings is 2. The zero-order valence-electron chi connectivity index (χ0n) is 19.9. The summed E-state index contributed by atoms with van der Waals surface area (Å²) in [5.41, 5.74) is 3.23. The molecule has 2 aliphatic rings. The molecular formula is C28H30N2O4S. The Kier molecular flexibility index (Phi) is 7.13. The highest BCUT2D eigenvalue weighted by molar-refractivity contribution is 7.99. The van der Waals surface area contributed by atoms with E-state index in [0.29, 0.717) is 24.5 Å². The second-order valence-corrected chi connectivity index (χ2v) is 10.1. The molecule has 0 unspecified atom stereocenters. The van der Waals surface area contributed by atoms with E-state index in [1.165, 1.54) is 11.8 Å². The van der Waals surface area contributed by atoms with Crippen LogP contribution in [-0.4, -0.2) is 58.9 Å². The van der Waals surface area contributed by atoms with Crippen LogP contribution in [0.4, 0.5) is 0 Å². The first kappa shape index (κ1) is 23.5. The molecule has 1 saturated heterocycles. The Bertz CT molecular complexity index is 1160. The van der Waals surface area contributed by atoms with Crippen LogP contribution in [-0.2, 0) is 11.2 Å². The van der Waals surface area contributed by atoms with Crippen LogP contribution in [0.3, 0.4) is 0 Å². The van der Waals surface area contributed by atoms with Gasteiger partial charge in [0.05, 0.1) is 12.3 Å². The topological polar surface area (TPSA) is 63.0 Å². The molecule has 2 amide bonds. The predicted molar refractivity (Wildman–Crippen MR) is 137 cm³/mol. The van der Waals surface area contributed by atoms with Gasteiger partial charge in [-0.1, -0.05) is 43.3 Å². The Morgan fingerprint density at radius 3 is 2.57 bits per heavy atom. The number of amides is 2. The molecule has 2 aromatic carbocycles. The number of fused-ring (bicyclic) bond motifs is 1. The number of hydrogen-bond donors (Lipinski definition) is 0. The van der Waals surface area contributed by atoms with E-state index in [-0.39, 0.29) is 17.9 Å². The lowest BCUT2D eigenvalue weighted by Gasteiger charge is -2.37. The van der Waals surface area contributed by atoms with Crippen LogP contribution >= 0.6 is 11.8 Å². The van der Waals surface area contributed by atoms with Gasteiger partial charge < -0.3 is 19.0 Å². The third kappa shape index (κ3) is 4.96. The predicted octanol–water partition coefficient (Wildman–Crippen LogP) is 4.80. The fourth-order valence-electron chi connectivity index (χ4n) is 4.88. The number of thioether (sulfide) groups is 1. The van der Waals surface area contributed by atoms with Gasteiger partial charge in [0.25, 0.3) is 11.8 Å². The van der Waals surface area contributed by atoms with Crippen LogP contribution in [0.5, 0.6) is 5.75 Å². The summed E-state index contributed by atoms with van der Waals surface area (Å²) in [4.78, 5) is 30.3. The van der Waals surface area contributed by atoms with Crippen LogP contribution in [0, 0.1) is 0 Å². The number of nitrogens with zero attached hydrogens (tertiary/aromatic N) is 2. The molecule has 5 rings (SSSR count). The lowest BCUT2D eigenvalue weighted by Crippen LogP contribution is -2.45. The number of hydrogen-bond acceptors (Lipinski definition) is 5. The summed E-state index contributed by atoms with van der Waals surface area (Å²) in [6.07, 6.45) is 2.35. The summed E-state index contributed by atoms with van der Waals surface area (Å²) >= 11 is 1.88. The van der Waals surface area contributed by atoms with E-state index in [2.05, 4.69) is 6.07 Å². The van der Waals surface area contributed by atoms with Crippen molar-refractivity contribution < 1.29 is 18.7 Å². The average Bonchev–Trinajstić information content (AvgIpc) is 3.46. The van der Waals surface area contributed by atoms with Crippen molar-refractivity contribution in [1.29, 1.82) is 0 Å². The Morgan fingerprint density at radius 2 is 1.86 bits per heavy atom. The maximum atomic E-state index is 13.4. The van der Waals surface area contributed by atoms with Gasteiger partial charge in [-0.2, -0.15) is 11.8 Å². The molecule has 0 saturated carbocycles. The summed E-state index contributed by atoms with van der Waals surface area (Å²) in [5.74, 6) is 2.85. The molecule has 0 spiro atoms. The third-order valence-corrected chi connectivity index (χ3v) is 7.64. The number of furan rings is 1. The van der Waals surface area contributed by atoms with Gasteiger partial charge in [0.15, 0.2) is 11.9 Å². The minimum Gasteiger partial charge on any atom is -0.481 e. The lowest BCUT2D eigenvalue weighted by molar-refractivity contribution is -0.138. The molecule has 0 bridgehead atoms. The van der Waals surface area contributed by atoms with Crippen LogP contribution in [0.25, 0.3) is 0 Å². The quantitative estimate of drug-likeness (QED) is 0.497. The highest BCUT2D eigenvalue weighted by Crippen LogP contribution is 2.38. The van der Waals surface area contributed by atoms with E-state index < -0.39 is 6.10 Å². The van der Waals surface area contributed by atoms with Gasteiger partial charge in [0.2, 0.25) is 0 Å². The standard InChI is InChI=1S/C28H30N2O4S/c1-2-24(27(31)29-14-17-35-18-15-29)34-22-11-10-20-12-13-30(28(32)25-9-6-16-33-25)26(23(20)19-22)21-7-4-3-5-8-21/h3-11,16,19,24,26H,2,12-15,17-18H2,1H3/t24-,26-/m1/s1. The van der Waals surface area contributed by atoms with Crippen molar-refractivity contribution in [2.24, 2.45) is 0 Å². The SMILES string of the molecule is CC[C@@H](Oc1ccc2c(c1)[C@@H](c1ccccc1)N(C(=O)c1ccco1)CC2)C(=O)N1CCSCC1. The monoisotopic (exact) mass is 490 g/mol. The van der Waals surface area contributed by atoms with Crippen LogP contribution in [0.15, 0.2) is 71.3 Å². The molecule has 6 nitrogen and oxygen atoms in total. The van der Waals surface area contributed by atoms with E-state index in [0.717, 1.165) is 42.1 Å². The first-order valence-corrected chi connectivity index (χ1v) is 13.4. The van der Waals surface area contributed by atoms with E-state index in [9.17, 15) is 9.59 Å². The second kappa shape index (κ2) is 10.6.